The second kappa shape index (κ2) is 13.6. The number of carbonyl (C=O) groups excluding carboxylic acids is 4. The second-order valence-corrected chi connectivity index (χ2v) is 9.71. The van der Waals surface area contributed by atoms with Gasteiger partial charge in [-0.2, -0.15) is 0 Å². The molecule has 0 aliphatic carbocycles. The molecule has 1 saturated heterocycles. The Morgan fingerprint density at radius 3 is 2.28 bits per heavy atom. The first kappa shape index (κ1) is 30.6. The van der Waals surface area contributed by atoms with Crippen molar-refractivity contribution in [1.82, 2.24) is 5.32 Å². The smallest absolute Gasteiger partial charge is 0.335 e. The number of nitrogens with one attached hydrogen (secondary N) is 2. The van der Waals surface area contributed by atoms with E-state index in [4.69, 9.17) is 18.9 Å². The van der Waals surface area contributed by atoms with Crippen LogP contribution < -0.4 is 34.5 Å². The molecule has 0 radical (unpaired) electrons. The Morgan fingerprint density at radius 2 is 1.58 bits per heavy atom. The van der Waals surface area contributed by atoms with Crippen molar-refractivity contribution in [2.75, 3.05) is 37.7 Å². The number of nitrogens with zero attached hydrogens (tertiary/aromatic N) is 1. The molecular weight excluding hydrogens is 554 g/mol. The molecule has 5 amide bonds. The number of urea groups is 1. The fourth-order valence-electron chi connectivity index (χ4n) is 4.36. The Morgan fingerprint density at radius 1 is 0.884 bits per heavy atom. The minimum Gasteiger partial charge on any atom is -0.493 e. The van der Waals surface area contributed by atoms with Gasteiger partial charge in [-0.05, 0) is 67.8 Å². The standard InChI is InChI=1S/C32H33N3O8/c1-6-13-42-25-12-9-22(17-28(25)41-5)35-31(38)23(30(37)34-32(35)39)15-21-8-11-26(27(16-21)40-4)43-18-29(36)33-24-10-7-19(2)14-20(24)3/h7-12,14-17H,6,13,18H2,1-5H3,(H,33,36)(H,34,37,39)/b23-15-. The minimum atomic E-state index is -0.892. The Bertz CT molecular complexity index is 1600. The van der Waals surface area contributed by atoms with E-state index in [-0.39, 0.29) is 35.3 Å². The van der Waals surface area contributed by atoms with E-state index in [0.29, 0.717) is 29.4 Å². The van der Waals surface area contributed by atoms with Crippen molar-refractivity contribution in [1.29, 1.82) is 0 Å². The van der Waals surface area contributed by atoms with Crippen LogP contribution in [0.4, 0.5) is 16.2 Å². The number of methoxy groups -OCH3 is 2. The van der Waals surface area contributed by atoms with Crippen molar-refractivity contribution in [2.24, 2.45) is 0 Å². The van der Waals surface area contributed by atoms with E-state index >= 15 is 0 Å². The predicted octanol–water partition coefficient (Wildman–Crippen LogP) is 4.79. The number of ether oxygens (including phenoxy) is 4. The Kier molecular flexibility index (Phi) is 9.66. The van der Waals surface area contributed by atoms with Gasteiger partial charge in [-0.1, -0.05) is 30.7 Å². The number of imide groups is 2. The van der Waals surface area contributed by atoms with Crippen LogP contribution in [-0.4, -0.2) is 51.2 Å². The van der Waals surface area contributed by atoms with Crippen LogP contribution in [0, 0.1) is 13.8 Å². The maximum absolute atomic E-state index is 13.4. The minimum absolute atomic E-state index is 0.196. The van der Waals surface area contributed by atoms with E-state index in [1.807, 2.05) is 39.0 Å². The van der Waals surface area contributed by atoms with Gasteiger partial charge in [0.25, 0.3) is 17.7 Å². The number of carbonyl (C=O) groups is 4. The number of hydrogen-bond donors (Lipinski definition) is 2. The van der Waals surface area contributed by atoms with Gasteiger partial charge in [0.15, 0.2) is 29.6 Å². The summed E-state index contributed by atoms with van der Waals surface area (Å²) in [5.74, 6) is -0.661. The van der Waals surface area contributed by atoms with Crippen LogP contribution in [0.25, 0.3) is 6.08 Å². The van der Waals surface area contributed by atoms with Crippen LogP contribution in [0.3, 0.4) is 0 Å². The summed E-state index contributed by atoms with van der Waals surface area (Å²) in [4.78, 5) is 52.1. The largest absolute Gasteiger partial charge is 0.493 e. The molecule has 3 aromatic carbocycles. The highest BCUT2D eigenvalue weighted by Gasteiger charge is 2.37. The van der Waals surface area contributed by atoms with Crippen LogP contribution >= 0.6 is 0 Å². The van der Waals surface area contributed by atoms with Crippen molar-refractivity contribution >= 4 is 41.2 Å². The van der Waals surface area contributed by atoms with Crippen molar-refractivity contribution in [3.8, 4) is 23.0 Å². The summed E-state index contributed by atoms with van der Waals surface area (Å²) in [6.45, 7) is 6.04. The summed E-state index contributed by atoms with van der Waals surface area (Å²) in [6, 6.07) is 14.1. The normalized spacial score (nSPS) is 13.9. The predicted molar refractivity (Wildman–Crippen MR) is 161 cm³/mol. The number of barbiturate groups is 1. The van der Waals surface area contributed by atoms with Gasteiger partial charge in [-0.25, -0.2) is 9.69 Å². The molecule has 0 aromatic heterocycles. The average molecular weight is 588 g/mol. The number of benzene rings is 3. The van der Waals surface area contributed by atoms with Crippen molar-refractivity contribution < 1.29 is 38.1 Å². The SMILES string of the molecule is CCCOc1ccc(N2C(=O)NC(=O)/C(=C/c3ccc(OCC(=O)Nc4ccc(C)cc4C)c(OC)c3)C2=O)cc1OC. The lowest BCUT2D eigenvalue weighted by Gasteiger charge is -2.27. The zero-order valence-electron chi connectivity index (χ0n) is 24.6. The Hall–Kier alpha value is -5.32. The van der Waals surface area contributed by atoms with Gasteiger partial charge in [-0.3, -0.25) is 19.7 Å². The third-order valence-corrected chi connectivity index (χ3v) is 6.48. The van der Waals surface area contributed by atoms with Crippen LogP contribution in [0.2, 0.25) is 0 Å². The molecule has 0 atom stereocenters. The van der Waals surface area contributed by atoms with Gasteiger partial charge in [0, 0.05) is 11.8 Å². The highest BCUT2D eigenvalue weighted by atomic mass is 16.5. The topological polar surface area (TPSA) is 132 Å². The lowest BCUT2D eigenvalue weighted by Crippen LogP contribution is -2.54. The van der Waals surface area contributed by atoms with E-state index in [2.05, 4.69) is 10.6 Å². The third-order valence-electron chi connectivity index (χ3n) is 6.48. The van der Waals surface area contributed by atoms with Gasteiger partial charge in [0.05, 0.1) is 26.5 Å². The third kappa shape index (κ3) is 7.13. The lowest BCUT2D eigenvalue weighted by atomic mass is 10.1. The molecule has 0 bridgehead atoms. The summed E-state index contributed by atoms with van der Waals surface area (Å²) in [7, 11) is 2.87. The maximum Gasteiger partial charge on any atom is 0.335 e. The zero-order valence-corrected chi connectivity index (χ0v) is 24.6. The summed E-state index contributed by atoms with van der Waals surface area (Å²) in [6.07, 6.45) is 2.13. The molecule has 1 aliphatic heterocycles. The molecule has 43 heavy (non-hydrogen) atoms. The molecule has 1 fully saturated rings. The van der Waals surface area contributed by atoms with E-state index in [0.717, 1.165) is 22.4 Å². The lowest BCUT2D eigenvalue weighted by molar-refractivity contribution is -0.122. The Balaban J connectivity index is 1.52. The van der Waals surface area contributed by atoms with Gasteiger partial charge >= 0.3 is 6.03 Å². The molecule has 1 aliphatic rings. The fraction of sp³-hybridized carbons (Fsp3) is 0.250. The fourth-order valence-corrected chi connectivity index (χ4v) is 4.36. The van der Waals surface area contributed by atoms with Gasteiger partial charge in [-0.15, -0.1) is 0 Å². The van der Waals surface area contributed by atoms with Crippen LogP contribution in [0.5, 0.6) is 23.0 Å². The number of hydrogen-bond acceptors (Lipinski definition) is 8. The summed E-state index contributed by atoms with van der Waals surface area (Å²) >= 11 is 0. The van der Waals surface area contributed by atoms with Crippen molar-refractivity contribution in [3.05, 3.63) is 76.9 Å². The van der Waals surface area contributed by atoms with E-state index in [1.165, 1.54) is 32.4 Å². The summed E-state index contributed by atoms with van der Waals surface area (Å²) in [5, 5.41) is 5.02. The monoisotopic (exact) mass is 587 g/mol. The first-order valence-electron chi connectivity index (χ1n) is 13.5. The maximum atomic E-state index is 13.4. The molecule has 2 N–H and O–H groups in total. The molecule has 224 valence electrons. The highest BCUT2D eigenvalue weighted by molar-refractivity contribution is 6.39. The zero-order chi connectivity index (χ0) is 31.1. The Labute approximate surface area is 249 Å². The second-order valence-electron chi connectivity index (χ2n) is 9.71. The average Bonchev–Trinajstić information content (AvgIpc) is 2.98. The number of aryl methyl sites for hydroxylation is 2. The molecule has 4 rings (SSSR count). The molecule has 0 spiro atoms. The van der Waals surface area contributed by atoms with Crippen molar-refractivity contribution in [3.63, 3.8) is 0 Å². The molecule has 0 unspecified atom stereocenters. The van der Waals surface area contributed by atoms with Crippen LogP contribution in [-0.2, 0) is 14.4 Å². The molecular formula is C32H33N3O8. The van der Waals surface area contributed by atoms with Gasteiger partial charge in [0.2, 0.25) is 0 Å². The number of amides is 5. The molecule has 11 nitrogen and oxygen atoms in total. The summed E-state index contributed by atoms with van der Waals surface area (Å²) < 4.78 is 22.1. The van der Waals surface area contributed by atoms with Crippen LogP contribution in [0.15, 0.2) is 60.2 Å². The van der Waals surface area contributed by atoms with Crippen LogP contribution in [0.1, 0.15) is 30.0 Å². The molecule has 3 aromatic rings. The highest BCUT2D eigenvalue weighted by Crippen LogP contribution is 2.34. The van der Waals surface area contributed by atoms with Crippen molar-refractivity contribution in [2.45, 2.75) is 27.2 Å². The quantitative estimate of drug-likeness (QED) is 0.242. The first-order chi connectivity index (χ1) is 20.6. The molecule has 1 heterocycles. The van der Waals surface area contributed by atoms with Gasteiger partial charge in [0.1, 0.15) is 5.57 Å². The number of rotatable bonds is 11. The van der Waals surface area contributed by atoms with E-state index < -0.39 is 17.8 Å². The molecule has 11 heteroatoms. The van der Waals surface area contributed by atoms with E-state index in [1.54, 1.807) is 24.3 Å². The number of anilines is 2. The molecule has 0 saturated carbocycles. The summed E-state index contributed by atoms with van der Waals surface area (Å²) in [5.41, 5.74) is 3.07. The van der Waals surface area contributed by atoms with E-state index in [9.17, 15) is 19.2 Å². The van der Waals surface area contributed by atoms with Gasteiger partial charge < -0.3 is 24.3 Å². The first-order valence-corrected chi connectivity index (χ1v) is 13.5.